The number of benzene rings is 2. The van der Waals surface area contributed by atoms with Crippen molar-refractivity contribution in [3.05, 3.63) is 53.6 Å². The molecular formula is C17H15NO6. The van der Waals surface area contributed by atoms with Crippen molar-refractivity contribution >= 4 is 23.5 Å². The van der Waals surface area contributed by atoms with Gasteiger partial charge in [-0.3, -0.25) is 9.59 Å². The van der Waals surface area contributed by atoms with Crippen molar-refractivity contribution in [3.63, 3.8) is 0 Å². The van der Waals surface area contributed by atoms with E-state index in [0.29, 0.717) is 0 Å². The Kier molecular flexibility index (Phi) is 5.16. The molecule has 0 saturated carbocycles. The van der Waals surface area contributed by atoms with Gasteiger partial charge in [-0.1, -0.05) is 12.1 Å². The fourth-order valence-corrected chi connectivity index (χ4v) is 1.98. The van der Waals surface area contributed by atoms with E-state index < -0.39 is 23.6 Å². The van der Waals surface area contributed by atoms with E-state index in [2.05, 4.69) is 10.1 Å². The van der Waals surface area contributed by atoms with Gasteiger partial charge in [-0.25, -0.2) is 4.79 Å². The van der Waals surface area contributed by atoms with Gasteiger partial charge in [-0.05, 0) is 30.3 Å². The number of carbonyl (C=O) groups is 3. The molecule has 0 bridgehead atoms. The van der Waals surface area contributed by atoms with Crippen LogP contribution in [-0.2, 0) is 9.53 Å². The minimum absolute atomic E-state index is 0.0563. The lowest BCUT2D eigenvalue weighted by atomic mass is 10.1. The van der Waals surface area contributed by atoms with Crippen LogP contribution in [0.25, 0.3) is 0 Å². The molecule has 7 heteroatoms. The number of nitrogens with one attached hydrogen (secondary N) is 1. The molecule has 1 amide bonds. The number of rotatable bonds is 4. The number of hydrogen-bond acceptors (Lipinski definition) is 6. The zero-order valence-electron chi connectivity index (χ0n) is 13.0. The van der Waals surface area contributed by atoms with Crippen LogP contribution < -0.4 is 10.1 Å². The second-order valence-corrected chi connectivity index (χ2v) is 4.77. The van der Waals surface area contributed by atoms with Gasteiger partial charge >= 0.3 is 11.9 Å². The molecule has 0 atom stereocenters. The molecule has 0 heterocycles. The van der Waals surface area contributed by atoms with E-state index in [9.17, 15) is 19.5 Å². The standard InChI is InChI=1S/C17H15NO6/c1-10(19)24-12-6-3-5-11(9-12)16(21)18-14-8-4-7-13(15(14)20)17(22)23-2/h3-9,20H,1-2H3,(H,18,21). The average molecular weight is 329 g/mol. The molecule has 124 valence electrons. The fourth-order valence-electron chi connectivity index (χ4n) is 1.98. The first-order valence-electron chi connectivity index (χ1n) is 6.92. The van der Waals surface area contributed by atoms with Gasteiger partial charge in [-0.2, -0.15) is 0 Å². The summed E-state index contributed by atoms with van der Waals surface area (Å²) in [7, 11) is 1.19. The van der Waals surface area contributed by atoms with Crippen LogP contribution >= 0.6 is 0 Å². The SMILES string of the molecule is COC(=O)c1cccc(NC(=O)c2cccc(OC(C)=O)c2)c1O. The first kappa shape index (κ1) is 17.0. The molecule has 0 aliphatic rings. The molecular weight excluding hydrogens is 314 g/mol. The molecule has 0 unspecified atom stereocenters. The summed E-state index contributed by atoms with van der Waals surface area (Å²) in [6.45, 7) is 1.25. The smallest absolute Gasteiger partial charge is 0.341 e. The third kappa shape index (κ3) is 3.89. The van der Waals surface area contributed by atoms with E-state index in [-0.39, 0.29) is 22.6 Å². The minimum atomic E-state index is -0.722. The summed E-state index contributed by atoms with van der Waals surface area (Å²) >= 11 is 0. The summed E-state index contributed by atoms with van der Waals surface area (Å²) in [4.78, 5) is 34.8. The predicted molar refractivity (Wildman–Crippen MR) is 85.2 cm³/mol. The molecule has 2 aromatic rings. The highest BCUT2D eigenvalue weighted by Crippen LogP contribution is 2.28. The number of anilines is 1. The number of aromatic hydroxyl groups is 1. The molecule has 0 saturated heterocycles. The van der Waals surface area contributed by atoms with Crippen molar-refractivity contribution in [2.24, 2.45) is 0 Å². The number of phenols is 1. The zero-order valence-corrected chi connectivity index (χ0v) is 13.0. The van der Waals surface area contributed by atoms with Gasteiger partial charge in [0.15, 0.2) is 5.75 Å². The maximum absolute atomic E-state index is 12.3. The summed E-state index contributed by atoms with van der Waals surface area (Å²) in [6.07, 6.45) is 0. The van der Waals surface area contributed by atoms with Crippen molar-refractivity contribution in [3.8, 4) is 11.5 Å². The monoisotopic (exact) mass is 329 g/mol. The fraction of sp³-hybridized carbons (Fsp3) is 0.118. The van der Waals surface area contributed by atoms with Gasteiger partial charge in [0.1, 0.15) is 11.3 Å². The Hall–Kier alpha value is -3.35. The van der Waals surface area contributed by atoms with Gasteiger partial charge in [0.05, 0.1) is 12.8 Å². The molecule has 2 aromatic carbocycles. The van der Waals surface area contributed by atoms with Gasteiger partial charge in [0.2, 0.25) is 0 Å². The number of phenolic OH excluding ortho intramolecular Hbond substituents is 1. The molecule has 24 heavy (non-hydrogen) atoms. The van der Waals surface area contributed by atoms with E-state index >= 15 is 0 Å². The number of hydrogen-bond donors (Lipinski definition) is 2. The van der Waals surface area contributed by atoms with Crippen LogP contribution in [0, 0.1) is 0 Å². The quantitative estimate of drug-likeness (QED) is 0.507. The summed E-state index contributed by atoms with van der Waals surface area (Å²) < 4.78 is 9.47. The number of methoxy groups -OCH3 is 1. The van der Waals surface area contributed by atoms with Gasteiger partial charge in [0.25, 0.3) is 5.91 Å². The molecule has 0 aliphatic carbocycles. The van der Waals surface area contributed by atoms with Crippen molar-refractivity contribution in [1.29, 1.82) is 0 Å². The van der Waals surface area contributed by atoms with Crippen LogP contribution in [0.3, 0.4) is 0 Å². The summed E-state index contributed by atoms with van der Waals surface area (Å²) in [5.41, 5.74) is 0.210. The predicted octanol–water partition coefficient (Wildman–Crippen LogP) is 2.36. The Morgan fingerprint density at radius 3 is 2.46 bits per heavy atom. The lowest BCUT2D eigenvalue weighted by molar-refractivity contribution is -0.131. The second kappa shape index (κ2) is 7.28. The molecule has 0 aromatic heterocycles. The first-order valence-corrected chi connectivity index (χ1v) is 6.92. The van der Waals surface area contributed by atoms with Crippen LogP contribution in [0.1, 0.15) is 27.6 Å². The molecule has 7 nitrogen and oxygen atoms in total. The molecule has 0 radical (unpaired) electrons. The minimum Gasteiger partial charge on any atom is -0.505 e. The van der Waals surface area contributed by atoms with Crippen molar-refractivity contribution < 1.29 is 29.0 Å². The van der Waals surface area contributed by atoms with E-state index in [4.69, 9.17) is 4.74 Å². The highest BCUT2D eigenvalue weighted by atomic mass is 16.5. The van der Waals surface area contributed by atoms with E-state index in [1.807, 2.05) is 0 Å². The van der Waals surface area contributed by atoms with Crippen LogP contribution in [0.5, 0.6) is 11.5 Å². The van der Waals surface area contributed by atoms with Gasteiger partial charge < -0.3 is 19.9 Å². The number of para-hydroxylation sites is 1. The van der Waals surface area contributed by atoms with Crippen molar-refractivity contribution in [1.82, 2.24) is 0 Å². The number of carbonyl (C=O) groups excluding carboxylic acids is 3. The average Bonchev–Trinajstić information content (AvgIpc) is 2.55. The Balaban J connectivity index is 2.24. The third-order valence-electron chi connectivity index (χ3n) is 3.05. The van der Waals surface area contributed by atoms with E-state index in [0.717, 1.165) is 0 Å². The van der Waals surface area contributed by atoms with Crippen LogP contribution in [0.4, 0.5) is 5.69 Å². The Bertz CT molecular complexity index is 799. The van der Waals surface area contributed by atoms with Crippen LogP contribution in [0.15, 0.2) is 42.5 Å². The number of ether oxygens (including phenoxy) is 2. The molecule has 2 rings (SSSR count). The van der Waals surface area contributed by atoms with Crippen molar-refractivity contribution in [2.45, 2.75) is 6.92 Å². The second-order valence-electron chi connectivity index (χ2n) is 4.77. The molecule has 2 N–H and O–H groups in total. The van der Waals surface area contributed by atoms with Crippen LogP contribution in [-0.4, -0.2) is 30.1 Å². The maximum atomic E-state index is 12.3. The van der Waals surface area contributed by atoms with Gasteiger partial charge in [0, 0.05) is 12.5 Å². The highest BCUT2D eigenvalue weighted by molar-refractivity contribution is 6.06. The van der Waals surface area contributed by atoms with Gasteiger partial charge in [-0.15, -0.1) is 0 Å². The van der Waals surface area contributed by atoms with E-state index in [1.54, 1.807) is 6.07 Å². The highest BCUT2D eigenvalue weighted by Gasteiger charge is 2.17. The Morgan fingerprint density at radius 2 is 1.79 bits per heavy atom. The molecule has 0 fully saturated rings. The number of esters is 2. The first-order chi connectivity index (χ1) is 11.4. The Labute approximate surface area is 137 Å². The largest absolute Gasteiger partial charge is 0.505 e. The third-order valence-corrected chi connectivity index (χ3v) is 3.05. The lowest BCUT2D eigenvalue weighted by Gasteiger charge is -2.10. The summed E-state index contributed by atoms with van der Waals surface area (Å²) in [5, 5.41) is 12.6. The lowest BCUT2D eigenvalue weighted by Crippen LogP contribution is -2.13. The Morgan fingerprint density at radius 1 is 1.08 bits per heavy atom. The zero-order chi connectivity index (χ0) is 17.7. The maximum Gasteiger partial charge on any atom is 0.341 e. The number of amides is 1. The molecule has 0 spiro atoms. The molecule has 0 aliphatic heterocycles. The van der Waals surface area contributed by atoms with E-state index in [1.165, 1.54) is 50.4 Å². The van der Waals surface area contributed by atoms with Crippen molar-refractivity contribution in [2.75, 3.05) is 12.4 Å². The summed E-state index contributed by atoms with van der Waals surface area (Å²) in [6, 6.07) is 10.3. The topological polar surface area (TPSA) is 102 Å². The van der Waals surface area contributed by atoms with Crippen LogP contribution in [0.2, 0.25) is 0 Å². The summed E-state index contributed by atoms with van der Waals surface area (Å²) in [5.74, 6) is -1.94. The normalized spacial score (nSPS) is 9.92.